The SMILES string of the molecule is CC1c2ccc(-c3cnn(C)c3)cc2CCN1C(=O)c1cc2ccc(Cl)cn2n1. The predicted molar refractivity (Wildman–Crippen MR) is 112 cm³/mol. The van der Waals surface area contributed by atoms with E-state index in [1.165, 1.54) is 11.1 Å². The Balaban J connectivity index is 1.44. The van der Waals surface area contributed by atoms with E-state index in [1.807, 2.05) is 36.5 Å². The van der Waals surface area contributed by atoms with Crippen LogP contribution in [0.1, 0.15) is 34.6 Å². The maximum Gasteiger partial charge on any atom is 0.274 e. The lowest BCUT2D eigenvalue weighted by Crippen LogP contribution is -2.39. The number of rotatable bonds is 2. The second kappa shape index (κ2) is 6.74. The number of fused-ring (bicyclic) bond motifs is 2. The molecule has 1 aliphatic rings. The Bertz CT molecular complexity index is 1240. The average Bonchev–Trinajstić information content (AvgIpc) is 3.33. The topological polar surface area (TPSA) is 55.4 Å². The molecule has 4 aromatic rings. The van der Waals surface area contributed by atoms with Crippen LogP contribution in [0.4, 0.5) is 0 Å². The first-order valence-corrected chi connectivity index (χ1v) is 9.95. The third-order valence-corrected chi connectivity index (χ3v) is 5.85. The average molecular weight is 406 g/mol. The Labute approximate surface area is 173 Å². The molecule has 146 valence electrons. The van der Waals surface area contributed by atoms with Crippen LogP contribution in [-0.2, 0) is 13.5 Å². The van der Waals surface area contributed by atoms with Gasteiger partial charge in [-0.15, -0.1) is 0 Å². The van der Waals surface area contributed by atoms with Crippen LogP contribution in [0.3, 0.4) is 0 Å². The number of pyridine rings is 1. The number of aryl methyl sites for hydroxylation is 1. The molecule has 1 aromatic carbocycles. The van der Waals surface area contributed by atoms with Gasteiger partial charge < -0.3 is 4.90 Å². The molecule has 1 amide bonds. The Hall–Kier alpha value is -3.12. The minimum atomic E-state index is -0.0562. The first-order valence-electron chi connectivity index (χ1n) is 9.57. The zero-order chi connectivity index (χ0) is 20.1. The van der Waals surface area contributed by atoms with Crippen molar-refractivity contribution in [3.05, 3.63) is 76.8 Å². The molecule has 5 rings (SSSR count). The highest BCUT2D eigenvalue weighted by Gasteiger charge is 2.29. The minimum absolute atomic E-state index is 0.0115. The van der Waals surface area contributed by atoms with Gasteiger partial charge in [-0.05, 0) is 48.2 Å². The molecule has 1 aliphatic heterocycles. The van der Waals surface area contributed by atoms with E-state index in [0.29, 0.717) is 17.3 Å². The van der Waals surface area contributed by atoms with Crippen LogP contribution < -0.4 is 0 Å². The summed E-state index contributed by atoms with van der Waals surface area (Å²) in [5, 5.41) is 9.27. The van der Waals surface area contributed by atoms with Crippen molar-refractivity contribution in [3.8, 4) is 11.1 Å². The van der Waals surface area contributed by atoms with Crippen molar-refractivity contribution in [1.29, 1.82) is 0 Å². The lowest BCUT2D eigenvalue weighted by Gasteiger charge is -2.35. The summed E-state index contributed by atoms with van der Waals surface area (Å²) >= 11 is 6.03. The smallest absolute Gasteiger partial charge is 0.274 e. The molecule has 1 unspecified atom stereocenters. The molecule has 0 fully saturated rings. The normalized spacial score (nSPS) is 16.2. The third kappa shape index (κ3) is 3.09. The number of carbonyl (C=O) groups is 1. The molecule has 0 aliphatic carbocycles. The molecular weight excluding hydrogens is 386 g/mol. The highest BCUT2D eigenvalue weighted by molar-refractivity contribution is 6.30. The van der Waals surface area contributed by atoms with Gasteiger partial charge in [0.2, 0.25) is 0 Å². The molecule has 6 nitrogen and oxygen atoms in total. The summed E-state index contributed by atoms with van der Waals surface area (Å²) in [6.45, 7) is 2.74. The van der Waals surface area contributed by atoms with Crippen molar-refractivity contribution in [2.75, 3.05) is 6.54 Å². The highest BCUT2D eigenvalue weighted by Crippen LogP contribution is 2.33. The first kappa shape index (κ1) is 17.9. The summed E-state index contributed by atoms with van der Waals surface area (Å²) in [5.74, 6) is -0.0562. The fourth-order valence-corrected chi connectivity index (χ4v) is 4.23. The Morgan fingerprint density at radius 3 is 2.79 bits per heavy atom. The third-order valence-electron chi connectivity index (χ3n) is 5.62. The zero-order valence-electron chi connectivity index (χ0n) is 16.2. The number of carbonyl (C=O) groups excluding carboxylic acids is 1. The number of benzene rings is 1. The Kier molecular flexibility index (Phi) is 4.17. The van der Waals surface area contributed by atoms with Gasteiger partial charge >= 0.3 is 0 Å². The van der Waals surface area contributed by atoms with Crippen LogP contribution in [-0.4, -0.2) is 36.7 Å². The van der Waals surface area contributed by atoms with Crippen LogP contribution in [0.15, 0.2) is 55.0 Å². The van der Waals surface area contributed by atoms with Crippen LogP contribution in [0, 0.1) is 0 Å². The van der Waals surface area contributed by atoms with Gasteiger partial charge in [0.15, 0.2) is 5.69 Å². The van der Waals surface area contributed by atoms with Gasteiger partial charge in [-0.1, -0.05) is 29.8 Å². The summed E-state index contributed by atoms with van der Waals surface area (Å²) in [7, 11) is 1.92. The number of hydrogen-bond acceptors (Lipinski definition) is 3. The quantitative estimate of drug-likeness (QED) is 0.503. The summed E-state index contributed by atoms with van der Waals surface area (Å²) in [4.78, 5) is 15.1. The lowest BCUT2D eigenvalue weighted by atomic mass is 9.90. The second-order valence-electron chi connectivity index (χ2n) is 7.49. The van der Waals surface area contributed by atoms with Crippen LogP contribution >= 0.6 is 11.6 Å². The van der Waals surface area contributed by atoms with E-state index < -0.39 is 0 Å². The summed E-state index contributed by atoms with van der Waals surface area (Å²) in [5.41, 5.74) is 6.01. The number of hydrogen-bond donors (Lipinski definition) is 0. The Morgan fingerprint density at radius 2 is 2.00 bits per heavy atom. The van der Waals surface area contributed by atoms with Gasteiger partial charge in [0.05, 0.1) is 22.8 Å². The summed E-state index contributed by atoms with van der Waals surface area (Å²) in [6, 6.07) is 11.9. The van der Waals surface area contributed by atoms with E-state index in [1.54, 1.807) is 21.5 Å². The van der Waals surface area contributed by atoms with Gasteiger partial charge in [-0.3, -0.25) is 9.48 Å². The lowest BCUT2D eigenvalue weighted by molar-refractivity contribution is 0.0671. The number of halogens is 1. The van der Waals surface area contributed by atoms with E-state index >= 15 is 0 Å². The summed E-state index contributed by atoms with van der Waals surface area (Å²) < 4.78 is 3.46. The molecular formula is C22H20ClN5O. The summed E-state index contributed by atoms with van der Waals surface area (Å²) in [6.07, 6.45) is 6.42. The van der Waals surface area contributed by atoms with E-state index in [4.69, 9.17) is 11.6 Å². The zero-order valence-corrected chi connectivity index (χ0v) is 17.0. The van der Waals surface area contributed by atoms with Crippen LogP contribution in [0.25, 0.3) is 16.6 Å². The maximum absolute atomic E-state index is 13.2. The van der Waals surface area contributed by atoms with Crippen molar-refractivity contribution < 1.29 is 4.79 Å². The molecule has 0 N–H and O–H groups in total. The van der Waals surface area contributed by atoms with E-state index in [9.17, 15) is 4.79 Å². The van der Waals surface area contributed by atoms with E-state index in [0.717, 1.165) is 23.1 Å². The molecule has 0 spiro atoms. The predicted octanol–water partition coefficient (Wildman–Crippen LogP) is 4.15. The monoisotopic (exact) mass is 405 g/mol. The molecule has 0 radical (unpaired) electrons. The van der Waals surface area contributed by atoms with Gasteiger partial charge in [-0.25, -0.2) is 4.52 Å². The van der Waals surface area contributed by atoms with Crippen LogP contribution in [0.5, 0.6) is 0 Å². The standard InChI is InChI=1S/C22H20ClN5O/c1-14-20-6-3-15(17-11-24-26(2)12-17)9-16(20)7-8-27(14)22(29)21-10-19-5-4-18(23)13-28(19)25-21/h3-6,9-14H,7-8H2,1-2H3. The molecule has 3 aromatic heterocycles. The fraction of sp³-hybridized carbons (Fsp3) is 0.227. The van der Waals surface area contributed by atoms with Crippen molar-refractivity contribution in [2.24, 2.45) is 7.05 Å². The second-order valence-corrected chi connectivity index (χ2v) is 7.92. The van der Waals surface area contributed by atoms with Crippen molar-refractivity contribution in [2.45, 2.75) is 19.4 Å². The molecule has 7 heteroatoms. The van der Waals surface area contributed by atoms with Crippen molar-refractivity contribution >= 4 is 23.0 Å². The fourth-order valence-electron chi connectivity index (χ4n) is 4.07. The van der Waals surface area contributed by atoms with E-state index in [2.05, 4.69) is 35.3 Å². The van der Waals surface area contributed by atoms with Crippen molar-refractivity contribution in [1.82, 2.24) is 24.3 Å². The number of nitrogens with zero attached hydrogens (tertiary/aromatic N) is 5. The largest absolute Gasteiger partial charge is 0.330 e. The maximum atomic E-state index is 13.2. The van der Waals surface area contributed by atoms with Gasteiger partial charge in [0.25, 0.3) is 5.91 Å². The molecule has 0 saturated heterocycles. The van der Waals surface area contributed by atoms with Crippen molar-refractivity contribution in [3.63, 3.8) is 0 Å². The number of amides is 1. The first-order chi connectivity index (χ1) is 14.0. The van der Waals surface area contributed by atoms with Crippen LogP contribution in [0.2, 0.25) is 5.02 Å². The minimum Gasteiger partial charge on any atom is -0.330 e. The van der Waals surface area contributed by atoms with E-state index in [-0.39, 0.29) is 11.9 Å². The van der Waals surface area contributed by atoms with Gasteiger partial charge in [0.1, 0.15) is 0 Å². The number of aromatic nitrogens is 4. The molecule has 1 atom stereocenters. The molecule has 4 heterocycles. The highest BCUT2D eigenvalue weighted by atomic mass is 35.5. The van der Waals surface area contributed by atoms with Gasteiger partial charge in [-0.2, -0.15) is 10.2 Å². The molecule has 0 saturated carbocycles. The van der Waals surface area contributed by atoms with Gasteiger partial charge in [0, 0.05) is 31.5 Å². The molecule has 0 bridgehead atoms. The Morgan fingerprint density at radius 1 is 1.14 bits per heavy atom. The molecule has 29 heavy (non-hydrogen) atoms.